The molecule has 1 fully saturated rings. The highest BCUT2D eigenvalue weighted by atomic mass is 19.1. The summed E-state index contributed by atoms with van der Waals surface area (Å²) in [5.41, 5.74) is 1.32. The molecule has 0 saturated carbocycles. The van der Waals surface area contributed by atoms with Crippen LogP contribution in [0.1, 0.15) is 44.7 Å². The van der Waals surface area contributed by atoms with Gasteiger partial charge in [-0.15, -0.1) is 0 Å². The summed E-state index contributed by atoms with van der Waals surface area (Å²) in [6.45, 7) is 6.57. The molecule has 1 amide bonds. The molecular formula is C35H36F2N2O5. The van der Waals surface area contributed by atoms with E-state index in [1.165, 1.54) is 11.0 Å². The van der Waals surface area contributed by atoms with Crippen LogP contribution in [0.5, 0.6) is 17.5 Å². The van der Waals surface area contributed by atoms with E-state index in [0.717, 1.165) is 23.3 Å². The first-order valence-corrected chi connectivity index (χ1v) is 14.6. The number of hydrogen-bond donors (Lipinski definition) is 1. The van der Waals surface area contributed by atoms with Crippen molar-refractivity contribution in [2.75, 3.05) is 6.54 Å². The number of piperidine rings is 1. The van der Waals surface area contributed by atoms with Crippen LogP contribution in [0.15, 0.2) is 84.9 Å². The Bertz CT molecular complexity index is 1550. The number of ether oxygens (including phenoxy) is 3. The van der Waals surface area contributed by atoms with Crippen LogP contribution in [-0.4, -0.2) is 39.8 Å². The Kier molecular flexibility index (Phi) is 9.32. The van der Waals surface area contributed by atoms with Crippen LogP contribution in [0.2, 0.25) is 0 Å². The van der Waals surface area contributed by atoms with Crippen molar-refractivity contribution >= 4 is 6.09 Å². The topological polar surface area (TPSA) is 81.1 Å². The Morgan fingerprint density at radius 1 is 0.909 bits per heavy atom. The Morgan fingerprint density at radius 2 is 1.50 bits per heavy atom. The minimum Gasteiger partial charge on any atom is -0.490 e. The molecule has 1 aliphatic rings. The SMILES string of the molecule is CC(C)(C)C1CC(Oc2cc(F)c(-c3ccc(OCc4ccccc4)nc3OCc3ccccc3)c(F)c2)CCN1C(=O)O. The van der Waals surface area contributed by atoms with Gasteiger partial charge in [0.25, 0.3) is 0 Å². The second-order valence-electron chi connectivity index (χ2n) is 11.9. The molecule has 9 heteroatoms. The number of pyridine rings is 1. The Hall–Kier alpha value is -4.66. The number of hydrogen-bond acceptors (Lipinski definition) is 5. The number of halogens is 2. The lowest BCUT2D eigenvalue weighted by Crippen LogP contribution is -2.53. The molecule has 0 spiro atoms. The molecular weight excluding hydrogens is 566 g/mol. The molecule has 1 N–H and O–H groups in total. The van der Waals surface area contributed by atoms with Gasteiger partial charge in [-0.2, -0.15) is 4.98 Å². The fourth-order valence-electron chi connectivity index (χ4n) is 5.42. The largest absolute Gasteiger partial charge is 0.490 e. The quantitative estimate of drug-likeness (QED) is 0.208. The van der Waals surface area contributed by atoms with E-state index < -0.39 is 23.8 Å². The monoisotopic (exact) mass is 602 g/mol. The maximum Gasteiger partial charge on any atom is 0.407 e. The van der Waals surface area contributed by atoms with Gasteiger partial charge >= 0.3 is 6.09 Å². The number of carbonyl (C=O) groups is 1. The lowest BCUT2D eigenvalue weighted by molar-refractivity contribution is 0.0129. The minimum absolute atomic E-state index is 0.0277. The number of rotatable bonds is 9. The van der Waals surface area contributed by atoms with E-state index in [1.54, 1.807) is 6.07 Å². The van der Waals surface area contributed by atoms with Gasteiger partial charge in [0.1, 0.15) is 36.7 Å². The zero-order chi connectivity index (χ0) is 31.3. The molecule has 1 saturated heterocycles. The third-order valence-electron chi connectivity index (χ3n) is 7.67. The summed E-state index contributed by atoms with van der Waals surface area (Å²) >= 11 is 0. The lowest BCUT2D eigenvalue weighted by Gasteiger charge is -2.44. The summed E-state index contributed by atoms with van der Waals surface area (Å²) in [7, 11) is 0. The van der Waals surface area contributed by atoms with Crippen molar-refractivity contribution in [1.29, 1.82) is 0 Å². The molecule has 230 valence electrons. The first kappa shape index (κ1) is 30.8. The van der Waals surface area contributed by atoms with Gasteiger partial charge in [-0.3, -0.25) is 0 Å². The van der Waals surface area contributed by atoms with Crippen molar-refractivity contribution in [1.82, 2.24) is 9.88 Å². The maximum absolute atomic E-state index is 15.7. The number of amides is 1. The molecule has 5 rings (SSSR count). The van der Waals surface area contributed by atoms with Crippen molar-refractivity contribution in [2.45, 2.75) is 59.0 Å². The Morgan fingerprint density at radius 3 is 2.07 bits per heavy atom. The van der Waals surface area contributed by atoms with Gasteiger partial charge in [0, 0.05) is 43.6 Å². The fraction of sp³-hybridized carbons (Fsp3) is 0.314. The molecule has 1 aliphatic heterocycles. The van der Waals surface area contributed by atoms with E-state index in [4.69, 9.17) is 14.2 Å². The second kappa shape index (κ2) is 13.3. The van der Waals surface area contributed by atoms with E-state index in [9.17, 15) is 9.90 Å². The zero-order valence-corrected chi connectivity index (χ0v) is 25.0. The van der Waals surface area contributed by atoms with Gasteiger partial charge in [-0.05, 0) is 22.6 Å². The summed E-state index contributed by atoms with van der Waals surface area (Å²) in [5.74, 6) is -1.35. The van der Waals surface area contributed by atoms with Gasteiger partial charge in [-0.25, -0.2) is 13.6 Å². The van der Waals surface area contributed by atoms with Crippen molar-refractivity contribution in [3.63, 3.8) is 0 Å². The molecule has 1 aromatic heterocycles. The molecule has 7 nitrogen and oxygen atoms in total. The van der Waals surface area contributed by atoms with Gasteiger partial charge in [0.2, 0.25) is 11.8 Å². The molecule has 0 bridgehead atoms. The van der Waals surface area contributed by atoms with Crippen LogP contribution in [0.4, 0.5) is 13.6 Å². The maximum atomic E-state index is 15.7. The number of aromatic nitrogens is 1. The lowest BCUT2D eigenvalue weighted by atomic mass is 9.80. The highest BCUT2D eigenvalue weighted by Gasteiger charge is 2.39. The van der Waals surface area contributed by atoms with Crippen LogP contribution in [0.25, 0.3) is 11.1 Å². The molecule has 0 radical (unpaired) electrons. The molecule has 2 heterocycles. The third kappa shape index (κ3) is 7.45. The normalized spacial score (nSPS) is 16.8. The van der Waals surface area contributed by atoms with Crippen LogP contribution in [0, 0.1) is 17.0 Å². The highest BCUT2D eigenvalue weighted by molar-refractivity contribution is 5.71. The van der Waals surface area contributed by atoms with Crippen LogP contribution < -0.4 is 14.2 Å². The molecule has 0 aliphatic carbocycles. The summed E-state index contributed by atoms with van der Waals surface area (Å²) in [6.07, 6.45) is -0.561. The average Bonchev–Trinajstić information content (AvgIpc) is 3.00. The molecule has 3 aromatic carbocycles. The van der Waals surface area contributed by atoms with Gasteiger partial charge in [0.05, 0.1) is 11.1 Å². The predicted octanol–water partition coefficient (Wildman–Crippen LogP) is 8.12. The smallest absolute Gasteiger partial charge is 0.407 e. The zero-order valence-electron chi connectivity index (χ0n) is 25.0. The van der Waals surface area contributed by atoms with Crippen molar-refractivity contribution < 1.29 is 32.9 Å². The van der Waals surface area contributed by atoms with Gasteiger partial charge < -0.3 is 24.2 Å². The second-order valence-corrected chi connectivity index (χ2v) is 11.9. The van der Waals surface area contributed by atoms with Crippen molar-refractivity contribution in [2.24, 2.45) is 5.41 Å². The van der Waals surface area contributed by atoms with Gasteiger partial charge in [0.15, 0.2) is 0 Å². The minimum atomic E-state index is -0.986. The van der Waals surface area contributed by atoms with E-state index in [1.807, 2.05) is 81.4 Å². The van der Waals surface area contributed by atoms with Crippen LogP contribution in [0.3, 0.4) is 0 Å². The molecule has 2 atom stereocenters. The average molecular weight is 603 g/mol. The van der Waals surface area contributed by atoms with E-state index in [2.05, 4.69) is 4.98 Å². The molecule has 44 heavy (non-hydrogen) atoms. The Balaban J connectivity index is 1.39. The fourth-order valence-corrected chi connectivity index (χ4v) is 5.42. The number of likely N-dealkylation sites (tertiary alicyclic amines) is 1. The summed E-state index contributed by atoms with van der Waals surface area (Å²) < 4.78 is 49.2. The standard InChI is InChI=1S/C35H36F2N2O5/c1-35(2,3)30-20-25(16-17-39(30)34(40)41)44-26-18-28(36)32(29(37)19-26)27-14-15-31(42-21-23-10-6-4-7-11-23)38-33(27)43-22-24-12-8-5-9-13-24/h4-15,18-19,25,30H,16-17,20-22H2,1-3H3,(H,40,41). The molecule has 4 aromatic rings. The van der Waals surface area contributed by atoms with E-state index in [-0.39, 0.29) is 59.9 Å². The third-order valence-corrected chi connectivity index (χ3v) is 7.67. The summed E-state index contributed by atoms with van der Waals surface area (Å²) in [4.78, 5) is 17.7. The van der Waals surface area contributed by atoms with E-state index in [0.29, 0.717) is 12.8 Å². The summed E-state index contributed by atoms with van der Waals surface area (Å²) in [6, 6.07) is 24.1. The first-order valence-electron chi connectivity index (χ1n) is 14.6. The van der Waals surface area contributed by atoms with Crippen molar-refractivity contribution in [3.05, 3.63) is 108 Å². The first-order chi connectivity index (χ1) is 21.1. The van der Waals surface area contributed by atoms with E-state index >= 15 is 8.78 Å². The molecule has 2 unspecified atom stereocenters. The summed E-state index contributed by atoms with van der Waals surface area (Å²) in [5, 5.41) is 9.65. The number of carboxylic acid groups (broad SMARTS) is 1. The van der Waals surface area contributed by atoms with Crippen LogP contribution >= 0.6 is 0 Å². The van der Waals surface area contributed by atoms with Gasteiger partial charge in [-0.1, -0.05) is 81.4 Å². The predicted molar refractivity (Wildman–Crippen MR) is 163 cm³/mol. The highest BCUT2D eigenvalue weighted by Crippen LogP contribution is 2.38. The van der Waals surface area contributed by atoms with Crippen LogP contribution in [-0.2, 0) is 13.2 Å². The van der Waals surface area contributed by atoms with Crippen molar-refractivity contribution in [3.8, 4) is 28.6 Å². The Labute approximate surface area is 256 Å². The number of nitrogens with zero attached hydrogens (tertiary/aromatic N) is 2. The number of benzene rings is 3.